The summed E-state index contributed by atoms with van der Waals surface area (Å²) in [5.41, 5.74) is 1.38. The summed E-state index contributed by atoms with van der Waals surface area (Å²) >= 11 is 0. The van der Waals surface area contributed by atoms with Gasteiger partial charge in [-0.2, -0.15) is 0 Å². The Kier molecular flexibility index (Phi) is 4.93. The molecule has 0 aliphatic carbocycles. The Morgan fingerprint density at radius 1 is 0.846 bits per heavy atom. The highest BCUT2D eigenvalue weighted by Crippen LogP contribution is 2.39. The second-order valence-electron chi connectivity index (χ2n) is 5.48. The lowest BCUT2D eigenvalue weighted by atomic mass is 10.1. The average molecular weight is 355 g/mol. The Balaban J connectivity index is 2.30. The molecule has 0 saturated carbocycles. The van der Waals surface area contributed by atoms with E-state index in [-0.39, 0.29) is 11.4 Å². The lowest BCUT2D eigenvalue weighted by Crippen LogP contribution is -2.19. The summed E-state index contributed by atoms with van der Waals surface area (Å²) in [5, 5.41) is 0. The predicted octanol–water partition coefficient (Wildman–Crippen LogP) is 3.67. The van der Waals surface area contributed by atoms with Gasteiger partial charge in [-0.3, -0.25) is 9.36 Å². The van der Waals surface area contributed by atoms with Gasteiger partial charge in [-0.25, -0.2) is 4.39 Å². The zero-order valence-electron chi connectivity index (χ0n) is 14.7. The quantitative estimate of drug-likeness (QED) is 0.701. The smallest absolute Gasteiger partial charge is 0.255 e. The number of nitrogens with zero attached hydrogens (tertiary/aromatic N) is 1. The molecule has 0 aliphatic rings. The van der Waals surface area contributed by atoms with Crippen LogP contribution in [0, 0.1) is 5.82 Å². The summed E-state index contributed by atoms with van der Waals surface area (Å²) in [6.45, 7) is 0. The van der Waals surface area contributed by atoms with Gasteiger partial charge in [0.05, 0.1) is 32.7 Å². The van der Waals surface area contributed by atoms with Crippen molar-refractivity contribution in [1.82, 2.24) is 4.57 Å². The highest BCUT2D eigenvalue weighted by molar-refractivity contribution is 5.65. The Bertz CT molecular complexity index is 972. The van der Waals surface area contributed by atoms with Gasteiger partial charge >= 0.3 is 0 Å². The first-order chi connectivity index (χ1) is 12.6. The van der Waals surface area contributed by atoms with Gasteiger partial charge < -0.3 is 14.2 Å². The van der Waals surface area contributed by atoms with E-state index in [0.717, 1.165) is 0 Å². The molecule has 6 heteroatoms. The minimum Gasteiger partial charge on any atom is -0.493 e. The molecule has 26 heavy (non-hydrogen) atoms. The zero-order chi connectivity index (χ0) is 18.7. The van der Waals surface area contributed by atoms with E-state index in [2.05, 4.69) is 0 Å². The summed E-state index contributed by atoms with van der Waals surface area (Å²) in [6.07, 6.45) is 0. The number of rotatable bonds is 5. The first kappa shape index (κ1) is 17.5. The Morgan fingerprint density at radius 3 is 2.08 bits per heavy atom. The van der Waals surface area contributed by atoms with Gasteiger partial charge in [-0.15, -0.1) is 0 Å². The molecule has 0 N–H and O–H groups in total. The predicted molar refractivity (Wildman–Crippen MR) is 97.1 cm³/mol. The van der Waals surface area contributed by atoms with Crippen molar-refractivity contribution in [3.05, 3.63) is 70.8 Å². The molecule has 0 atom stereocenters. The van der Waals surface area contributed by atoms with E-state index in [0.29, 0.717) is 34.2 Å². The Hall–Kier alpha value is -3.28. The molecule has 3 aromatic rings. The summed E-state index contributed by atoms with van der Waals surface area (Å²) in [7, 11) is 4.51. The topological polar surface area (TPSA) is 49.7 Å². The number of hydrogen-bond acceptors (Lipinski definition) is 4. The largest absolute Gasteiger partial charge is 0.493 e. The van der Waals surface area contributed by atoms with E-state index in [9.17, 15) is 9.18 Å². The van der Waals surface area contributed by atoms with E-state index in [1.807, 2.05) is 0 Å². The van der Waals surface area contributed by atoms with Crippen LogP contribution >= 0.6 is 0 Å². The van der Waals surface area contributed by atoms with Crippen molar-refractivity contribution in [2.45, 2.75) is 0 Å². The minimum atomic E-state index is -0.379. The molecule has 0 aliphatic heterocycles. The maximum absolute atomic E-state index is 13.7. The fraction of sp³-hybridized carbons (Fsp3) is 0.150. The SMILES string of the molecule is COc1cc(-n2c(-c3cccc(F)c3)cccc2=O)cc(OC)c1OC. The van der Waals surface area contributed by atoms with Crippen LogP contribution in [0.1, 0.15) is 0 Å². The number of ether oxygens (including phenoxy) is 3. The maximum atomic E-state index is 13.7. The van der Waals surface area contributed by atoms with Crippen LogP contribution in [0.2, 0.25) is 0 Å². The Labute approximate surface area is 150 Å². The number of pyridine rings is 1. The molecule has 0 amide bonds. The molecule has 0 saturated heterocycles. The lowest BCUT2D eigenvalue weighted by molar-refractivity contribution is 0.324. The van der Waals surface area contributed by atoms with Crippen LogP contribution in [0.25, 0.3) is 16.9 Å². The van der Waals surface area contributed by atoms with Gasteiger partial charge in [0, 0.05) is 23.8 Å². The van der Waals surface area contributed by atoms with E-state index < -0.39 is 0 Å². The van der Waals surface area contributed by atoms with Crippen LogP contribution in [0.4, 0.5) is 4.39 Å². The summed E-state index contributed by atoms with van der Waals surface area (Å²) in [5.74, 6) is 0.885. The third-order valence-corrected chi connectivity index (χ3v) is 3.98. The first-order valence-electron chi connectivity index (χ1n) is 7.87. The summed E-state index contributed by atoms with van der Waals surface area (Å²) in [4.78, 5) is 12.6. The van der Waals surface area contributed by atoms with Crippen molar-refractivity contribution >= 4 is 0 Å². The molecule has 134 valence electrons. The standard InChI is InChI=1S/C20H18FNO4/c1-24-17-11-15(12-18(25-2)20(17)26-3)22-16(8-5-9-19(22)23)13-6-4-7-14(21)10-13/h4-12H,1-3H3. The summed E-state index contributed by atoms with van der Waals surface area (Å²) < 4.78 is 31.2. The molecule has 1 aromatic heterocycles. The Morgan fingerprint density at radius 2 is 1.50 bits per heavy atom. The molecule has 1 heterocycles. The van der Waals surface area contributed by atoms with Crippen LogP contribution in [-0.4, -0.2) is 25.9 Å². The van der Waals surface area contributed by atoms with Crippen molar-refractivity contribution in [3.63, 3.8) is 0 Å². The molecular weight excluding hydrogens is 337 g/mol. The van der Waals surface area contributed by atoms with E-state index >= 15 is 0 Å². The second kappa shape index (κ2) is 7.31. The molecule has 0 bridgehead atoms. The number of hydrogen-bond donors (Lipinski definition) is 0. The third-order valence-electron chi connectivity index (χ3n) is 3.98. The highest BCUT2D eigenvalue weighted by Gasteiger charge is 2.17. The van der Waals surface area contributed by atoms with E-state index in [4.69, 9.17) is 14.2 Å². The van der Waals surface area contributed by atoms with Crippen molar-refractivity contribution in [2.24, 2.45) is 0 Å². The average Bonchev–Trinajstić information content (AvgIpc) is 2.66. The monoisotopic (exact) mass is 355 g/mol. The van der Waals surface area contributed by atoms with Gasteiger partial charge in [0.2, 0.25) is 5.75 Å². The molecule has 0 radical (unpaired) electrons. The third kappa shape index (κ3) is 3.13. The van der Waals surface area contributed by atoms with Crippen LogP contribution in [0.5, 0.6) is 17.2 Å². The number of halogens is 1. The van der Waals surface area contributed by atoms with Gasteiger partial charge in [-0.05, 0) is 18.2 Å². The van der Waals surface area contributed by atoms with E-state index in [1.165, 1.54) is 44.1 Å². The first-order valence-corrected chi connectivity index (χ1v) is 7.87. The van der Waals surface area contributed by atoms with Crippen LogP contribution < -0.4 is 19.8 Å². The molecule has 0 spiro atoms. The van der Waals surface area contributed by atoms with Crippen LogP contribution in [0.15, 0.2) is 59.4 Å². The van der Waals surface area contributed by atoms with Crippen LogP contribution in [0.3, 0.4) is 0 Å². The van der Waals surface area contributed by atoms with Crippen molar-refractivity contribution in [2.75, 3.05) is 21.3 Å². The molecule has 0 fully saturated rings. The molecule has 2 aromatic carbocycles. The molecule has 0 unspecified atom stereocenters. The van der Waals surface area contributed by atoms with Gasteiger partial charge in [0.1, 0.15) is 5.82 Å². The normalized spacial score (nSPS) is 10.5. The second-order valence-corrected chi connectivity index (χ2v) is 5.48. The molecule has 5 nitrogen and oxygen atoms in total. The van der Waals surface area contributed by atoms with Gasteiger partial charge in [0.25, 0.3) is 5.56 Å². The minimum absolute atomic E-state index is 0.263. The number of methoxy groups -OCH3 is 3. The molecular formula is C20H18FNO4. The number of benzene rings is 2. The van der Waals surface area contributed by atoms with Crippen molar-refractivity contribution < 1.29 is 18.6 Å². The van der Waals surface area contributed by atoms with E-state index in [1.54, 1.807) is 36.4 Å². The van der Waals surface area contributed by atoms with Crippen molar-refractivity contribution in [1.29, 1.82) is 0 Å². The van der Waals surface area contributed by atoms with Gasteiger partial charge in [-0.1, -0.05) is 18.2 Å². The van der Waals surface area contributed by atoms with Gasteiger partial charge in [0.15, 0.2) is 11.5 Å². The highest BCUT2D eigenvalue weighted by atomic mass is 19.1. The van der Waals surface area contributed by atoms with Crippen molar-refractivity contribution in [3.8, 4) is 34.2 Å². The lowest BCUT2D eigenvalue weighted by Gasteiger charge is -2.17. The number of aromatic nitrogens is 1. The zero-order valence-corrected chi connectivity index (χ0v) is 14.7. The maximum Gasteiger partial charge on any atom is 0.255 e. The fourth-order valence-electron chi connectivity index (χ4n) is 2.83. The summed E-state index contributed by atoms with van der Waals surface area (Å²) in [6, 6.07) is 14.2. The molecule has 3 rings (SSSR count). The fourth-order valence-corrected chi connectivity index (χ4v) is 2.83. The van der Waals surface area contributed by atoms with Crippen LogP contribution in [-0.2, 0) is 0 Å².